The normalized spacial score (nSPS) is 11.9. The molecular formula is C12H13N5O4S3. The standard InChI is InChI=1S/C12H13N5O4S3/c1-8-2-3-9(23-8)24(20,21)14-5-4-13-10-11(17(18)19)16-6-7-22-12(16)15-10/h2-3,6-7,13-14H,4-5H2,1H3. The van der Waals surface area contributed by atoms with Crippen LogP contribution in [0, 0.1) is 17.0 Å². The Morgan fingerprint density at radius 3 is 2.83 bits per heavy atom. The van der Waals surface area contributed by atoms with Crippen LogP contribution in [-0.2, 0) is 10.0 Å². The number of nitrogens with one attached hydrogen (secondary N) is 2. The first-order valence-electron chi connectivity index (χ1n) is 6.78. The number of aromatic nitrogens is 2. The minimum atomic E-state index is -3.56. The number of fused-ring (bicyclic) bond motifs is 1. The molecule has 3 aromatic rings. The van der Waals surface area contributed by atoms with Crippen molar-refractivity contribution < 1.29 is 13.3 Å². The summed E-state index contributed by atoms with van der Waals surface area (Å²) in [5.74, 6) is -0.0407. The van der Waals surface area contributed by atoms with Gasteiger partial charge in [-0.1, -0.05) is 11.3 Å². The predicted octanol–water partition coefficient (Wildman–Crippen LogP) is 2.06. The Kier molecular flexibility index (Phi) is 4.54. The van der Waals surface area contributed by atoms with Gasteiger partial charge in [0.25, 0.3) is 4.96 Å². The zero-order valence-corrected chi connectivity index (χ0v) is 14.9. The molecule has 2 N–H and O–H groups in total. The molecule has 0 aromatic carbocycles. The van der Waals surface area contributed by atoms with Crippen molar-refractivity contribution in [3.05, 3.63) is 38.7 Å². The van der Waals surface area contributed by atoms with Crippen LogP contribution in [0.5, 0.6) is 0 Å². The summed E-state index contributed by atoms with van der Waals surface area (Å²) in [5, 5.41) is 15.7. The molecule has 0 fully saturated rings. The van der Waals surface area contributed by atoms with E-state index in [-0.39, 0.29) is 28.9 Å². The lowest BCUT2D eigenvalue weighted by molar-refractivity contribution is -0.389. The van der Waals surface area contributed by atoms with Crippen LogP contribution >= 0.6 is 22.7 Å². The molecular weight excluding hydrogens is 374 g/mol. The molecule has 0 aliphatic carbocycles. The van der Waals surface area contributed by atoms with Crippen molar-refractivity contribution in [2.24, 2.45) is 0 Å². The Morgan fingerprint density at radius 2 is 2.17 bits per heavy atom. The van der Waals surface area contributed by atoms with Crippen LogP contribution in [0.4, 0.5) is 11.6 Å². The third-order valence-electron chi connectivity index (χ3n) is 3.10. The molecule has 0 unspecified atom stereocenters. The van der Waals surface area contributed by atoms with Gasteiger partial charge in [0.1, 0.15) is 10.4 Å². The average molecular weight is 387 g/mol. The first-order chi connectivity index (χ1) is 11.4. The lowest BCUT2D eigenvalue weighted by atomic mass is 10.5. The molecule has 9 nitrogen and oxygen atoms in total. The number of nitrogens with zero attached hydrogens (tertiary/aromatic N) is 3. The first-order valence-corrected chi connectivity index (χ1v) is 9.96. The molecule has 0 amide bonds. The molecule has 0 aliphatic heterocycles. The van der Waals surface area contributed by atoms with Crippen LogP contribution < -0.4 is 10.0 Å². The molecule has 24 heavy (non-hydrogen) atoms. The molecule has 12 heteroatoms. The van der Waals surface area contributed by atoms with E-state index >= 15 is 0 Å². The lowest BCUT2D eigenvalue weighted by Gasteiger charge is -2.06. The number of hydrogen-bond donors (Lipinski definition) is 2. The zero-order chi connectivity index (χ0) is 17.3. The van der Waals surface area contributed by atoms with Gasteiger partial charge in [-0.25, -0.2) is 13.1 Å². The highest BCUT2D eigenvalue weighted by Gasteiger charge is 2.23. The van der Waals surface area contributed by atoms with Gasteiger partial charge in [0.15, 0.2) is 0 Å². The fraction of sp³-hybridized carbons (Fsp3) is 0.250. The van der Waals surface area contributed by atoms with Crippen LogP contribution in [-0.4, -0.2) is 35.8 Å². The lowest BCUT2D eigenvalue weighted by Crippen LogP contribution is -2.28. The van der Waals surface area contributed by atoms with Gasteiger partial charge in [-0.05, 0) is 24.0 Å². The summed E-state index contributed by atoms with van der Waals surface area (Å²) in [4.78, 5) is 16.2. The minimum Gasteiger partial charge on any atom is -0.362 e. The van der Waals surface area contributed by atoms with Crippen LogP contribution in [0.25, 0.3) is 4.96 Å². The highest BCUT2D eigenvalue weighted by atomic mass is 32.2. The van der Waals surface area contributed by atoms with Crippen LogP contribution in [0.3, 0.4) is 0 Å². The summed E-state index contributed by atoms with van der Waals surface area (Å²) in [6.07, 6.45) is 1.57. The Balaban J connectivity index is 1.64. The average Bonchev–Trinajstić information content (AvgIpc) is 3.18. The van der Waals surface area contributed by atoms with E-state index in [2.05, 4.69) is 15.0 Å². The summed E-state index contributed by atoms with van der Waals surface area (Å²) in [6, 6.07) is 3.28. The molecule has 0 saturated carbocycles. The van der Waals surface area contributed by atoms with Gasteiger partial charge >= 0.3 is 5.82 Å². The Bertz CT molecular complexity index is 988. The Morgan fingerprint density at radius 1 is 1.38 bits per heavy atom. The highest BCUT2D eigenvalue weighted by Crippen LogP contribution is 2.27. The van der Waals surface area contributed by atoms with Gasteiger partial charge in [0.2, 0.25) is 15.8 Å². The maximum Gasteiger partial charge on any atom is 0.372 e. The van der Waals surface area contributed by atoms with E-state index in [1.54, 1.807) is 23.7 Å². The van der Waals surface area contributed by atoms with Gasteiger partial charge < -0.3 is 15.4 Å². The second-order valence-electron chi connectivity index (χ2n) is 4.79. The third-order valence-corrected chi connectivity index (χ3v) is 6.81. The van der Waals surface area contributed by atoms with Crippen molar-refractivity contribution in [3.8, 4) is 0 Å². The summed E-state index contributed by atoms with van der Waals surface area (Å²) in [6.45, 7) is 2.09. The van der Waals surface area contributed by atoms with Crippen LogP contribution in [0.15, 0.2) is 27.9 Å². The molecule has 3 rings (SSSR count). The van der Waals surface area contributed by atoms with Gasteiger partial charge in [-0.15, -0.1) is 11.3 Å². The third kappa shape index (κ3) is 3.26. The maximum absolute atomic E-state index is 12.1. The number of rotatable bonds is 7. The van der Waals surface area contributed by atoms with Crippen molar-refractivity contribution in [1.29, 1.82) is 0 Å². The number of thiophene rings is 1. The summed E-state index contributed by atoms with van der Waals surface area (Å²) < 4.78 is 28.2. The number of nitro groups is 1. The number of anilines is 1. The molecule has 128 valence electrons. The second kappa shape index (κ2) is 6.47. The maximum atomic E-state index is 12.1. The van der Waals surface area contributed by atoms with Gasteiger partial charge in [-0.3, -0.25) is 0 Å². The smallest absolute Gasteiger partial charge is 0.362 e. The largest absolute Gasteiger partial charge is 0.372 e. The summed E-state index contributed by atoms with van der Waals surface area (Å²) in [7, 11) is -3.56. The fourth-order valence-electron chi connectivity index (χ4n) is 2.06. The van der Waals surface area contributed by atoms with Crippen molar-refractivity contribution in [3.63, 3.8) is 0 Å². The van der Waals surface area contributed by atoms with E-state index in [4.69, 9.17) is 0 Å². The number of imidazole rings is 1. The minimum absolute atomic E-state index is 0.0849. The van der Waals surface area contributed by atoms with Crippen LogP contribution in [0.1, 0.15) is 4.88 Å². The van der Waals surface area contributed by atoms with Crippen molar-refractivity contribution in [1.82, 2.24) is 14.1 Å². The molecule has 0 atom stereocenters. The zero-order valence-electron chi connectivity index (χ0n) is 12.4. The monoisotopic (exact) mass is 387 g/mol. The van der Waals surface area contributed by atoms with Crippen LogP contribution in [0.2, 0.25) is 0 Å². The molecule has 3 heterocycles. The Hall–Kier alpha value is -2.02. The highest BCUT2D eigenvalue weighted by molar-refractivity contribution is 7.91. The summed E-state index contributed by atoms with van der Waals surface area (Å²) >= 11 is 2.47. The SMILES string of the molecule is Cc1ccc(S(=O)(=O)NCCNc2nc3sccn3c2[N+](=O)[O-])s1. The molecule has 0 saturated heterocycles. The van der Waals surface area contributed by atoms with E-state index in [0.717, 1.165) is 4.88 Å². The fourth-order valence-corrected chi connectivity index (χ4v) is 5.13. The Labute approximate surface area is 145 Å². The first kappa shape index (κ1) is 16.8. The molecule has 0 aliphatic rings. The number of sulfonamides is 1. The van der Waals surface area contributed by atoms with E-state index < -0.39 is 14.9 Å². The molecule has 0 spiro atoms. The number of thiazole rings is 1. The van der Waals surface area contributed by atoms with E-state index in [0.29, 0.717) is 4.96 Å². The van der Waals surface area contributed by atoms with E-state index in [1.807, 2.05) is 6.92 Å². The van der Waals surface area contributed by atoms with Crippen molar-refractivity contribution >= 4 is 49.3 Å². The molecule has 0 radical (unpaired) electrons. The van der Waals surface area contributed by atoms with Crippen molar-refractivity contribution in [2.75, 3.05) is 18.4 Å². The number of aryl methyl sites for hydroxylation is 1. The molecule has 3 aromatic heterocycles. The predicted molar refractivity (Wildman–Crippen MR) is 92.5 cm³/mol. The van der Waals surface area contributed by atoms with Crippen molar-refractivity contribution in [2.45, 2.75) is 11.1 Å². The van der Waals surface area contributed by atoms with E-state index in [9.17, 15) is 18.5 Å². The second-order valence-corrected chi connectivity index (χ2v) is 8.94. The topological polar surface area (TPSA) is 119 Å². The van der Waals surface area contributed by atoms with E-state index in [1.165, 1.54) is 27.1 Å². The summed E-state index contributed by atoms with van der Waals surface area (Å²) in [5.41, 5.74) is 0. The van der Waals surface area contributed by atoms with Gasteiger partial charge in [-0.2, -0.15) is 9.38 Å². The number of hydrogen-bond acceptors (Lipinski definition) is 8. The van der Waals surface area contributed by atoms with Gasteiger partial charge in [0, 0.05) is 23.3 Å². The van der Waals surface area contributed by atoms with Gasteiger partial charge in [0.05, 0.1) is 0 Å². The molecule has 0 bridgehead atoms. The quantitative estimate of drug-likeness (QED) is 0.364.